The number of hydrogen-bond donors (Lipinski definition) is 1. The normalized spacial score (nSPS) is 16.1. The van der Waals surface area contributed by atoms with E-state index in [-0.39, 0.29) is 17.7 Å². The molecule has 0 bridgehead atoms. The van der Waals surface area contributed by atoms with E-state index >= 15 is 0 Å². The molecular formula is C22H24N2O2. The van der Waals surface area contributed by atoms with Gasteiger partial charge in [0.25, 0.3) is 0 Å². The zero-order valence-corrected chi connectivity index (χ0v) is 14.9. The van der Waals surface area contributed by atoms with Gasteiger partial charge >= 0.3 is 0 Å². The van der Waals surface area contributed by atoms with Gasteiger partial charge < -0.3 is 10.2 Å². The number of fused-ring (bicyclic) bond motifs is 1. The van der Waals surface area contributed by atoms with Gasteiger partial charge in [-0.3, -0.25) is 9.59 Å². The molecule has 134 valence electrons. The molecule has 0 saturated heterocycles. The van der Waals surface area contributed by atoms with Crippen molar-refractivity contribution in [2.24, 2.45) is 5.92 Å². The lowest BCUT2D eigenvalue weighted by molar-refractivity contribution is -0.120. The molecule has 2 aliphatic rings. The smallest absolute Gasteiger partial charge is 0.230 e. The number of nitrogens with one attached hydrogen (secondary N) is 1. The van der Waals surface area contributed by atoms with E-state index < -0.39 is 0 Å². The number of hydrogen-bond acceptors (Lipinski definition) is 2. The highest BCUT2D eigenvalue weighted by Crippen LogP contribution is 2.36. The average Bonchev–Trinajstić information content (AvgIpc) is 3.51. The van der Waals surface area contributed by atoms with Gasteiger partial charge in [0.1, 0.15) is 0 Å². The summed E-state index contributed by atoms with van der Waals surface area (Å²) in [6.07, 6.45) is 5.21. The van der Waals surface area contributed by atoms with Crippen LogP contribution in [0.2, 0.25) is 0 Å². The van der Waals surface area contributed by atoms with Gasteiger partial charge in [-0.2, -0.15) is 0 Å². The molecule has 26 heavy (non-hydrogen) atoms. The zero-order valence-electron chi connectivity index (χ0n) is 14.9. The molecule has 1 N–H and O–H groups in total. The topological polar surface area (TPSA) is 49.4 Å². The monoisotopic (exact) mass is 348 g/mol. The first kappa shape index (κ1) is 16.8. The summed E-state index contributed by atoms with van der Waals surface area (Å²) in [5.41, 5.74) is 4.12. The van der Waals surface area contributed by atoms with Crippen molar-refractivity contribution in [3.05, 3.63) is 59.7 Å². The minimum absolute atomic E-state index is 0.00434. The molecule has 1 heterocycles. The van der Waals surface area contributed by atoms with Crippen LogP contribution in [0.5, 0.6) is 0 Å². The highest BCUT2D eigenvalue weighted by Gasteiger charge is 2.35. The Bertz CT molecular complexity index is 812. The van der Waals surface area contributed by atoms with E-state index in [1.807, 2.05) is 47.4 Å². The predicted molar refractivity (Wildman–Crippen MR) is 103 cm³/mol. The molecule has 0 aromatic heterocycles. The lowest BCUT2D eigenvalue weighted by atomic mass is 10.0. The van der Waals surface area contributed by atoms with Gasteiger partial charge in [-0.05, 0) is 55.4 Å². The molecule has 0 radical (unpaired) electrons. The molecule has 1 aliphatic carbocycles. The maximum Gasteiger partial charge on any atom is 0.230 e. The van der Waals surface area contributed by atoms with E-state index in [9.17, 15) is 9.59 Å². The van der Waals surface area contributed by atoms with Crippen LogP contribution in [-0.4, -0.2) is 18.4 Å². The predicted octanol–water partition coefficient (Wildman–Crippen LogP) is 3.95. The van der Waals surface area contributed by atoms with Crippen molar-refractivity contribution in [2.75, 3.05) is 16.8 Å². The Kier molecular flexibility index (Phi) is 4.74. The van der Waals surface area contributed by atoms with Gasteiger partial charge in [0.2, 0.25) is 11.8 Å². The molecule has 2 amide bonds. The molecule has 1 aliphatic heterocycles. The quantitative estimate of drug-likeness (QED) is 0.889. The number of aryl methyl sites for hydroxylation is 2. The van der Waals surface area contributed by atoms with Gasteiger partial charge in [-0.15, -0.1) is 0 Å². The minimum Gasteiger partial charge on any atom is -0.326 e. The van der Waals surface area contributed by atoms with Gasteiger partial charge in [-0.25, -0.2) is 0 Å². The Hall–Kier alpha value is -2.62. The zero-order chi connectivity index (χ0) is 17.9. The second-order valence-electron chi connectivity index (χ2n) is 7.24. The first-order chi connectivity index (χ1) is 12.7. The van der Waals surface area contributed by atoms with Gasteiger partial charge in [-0.1, -0.05) is 36.4 Å². The fourth-order valence-corrected chi connectivity index (χ4v) is 3.56. The van der Waals surface area contributed by atoms with E-state index in [0.717, 1.165) is 55.6 Å². The van der Waals surface area contributed by atoms with E-state index in [1.54, 1.807) is 0 Å². The van der Waals surface area contributed by atoms with Crippen molar-refractivity contribution in [2.45, 2.75) is 38.5 Å². The maximum absolute atomic E-state index is 12.6. The van der Waals surface area contributed by atoms with Crippen LogP contribution in [0, 0.1) is 5.92 Å². The number of carbonyl (C=O) groups is 2. The fourth-order valence-electron chi connectivity index (χ4n) is 3.56. The molecule has 4 nitrogen and oxygen atoms in total. The van der Waals surface area contributed by atoms with Crippen LogP contribution in [0.25, 0.3) is 0 Å². The number of anilines is 2. The van der Waals surface area contributed by atoms with E-state index in [4.69, 9.17) is 0 Å². The Labute approximate surface area is 154 Å². The molecule has 0 atom stereocenters. The first-order valence-electron chi connectivity index (χ1n) is 9.49. The van der Waals surface area contributed by atoms with E-state index in [1.165, 1.54) is 5.56 Å². The second-order valence-corrected chi connectivity index (χ2v) is 7.24. The van der Waals surface area contributed by atoms with Crippen molar-refractivity contribution in [3.63, 3.8) is 0 Å². The Morgan fingerprint density at radius 1 is 1.08 bits per heavy atom. The highest BCUT2D eigenvalue weighted by atomic mass is 16.2. The summed E-state index contributed by atoms with van der Waals surface area (Å²) in [6, 6.07) is 16.0. The van der Waals surface area contributed by atoms with Crippen molar-refractivity contribution in [1.29, 1.82) is 0 Å². The van der Waals surface area contributed by atoms with Gasteiger partial charge in [0.15, 0.2) is 0 Å². The van der Waals surface area contributed by atoms with Crippen LogP contribution in [0.1, 0.15) is 36.8 Å². The number of rotatable bonds is 5. The maximum atomic E-state index is 12.6. The van der Waals surface area contributed by atoms with Crippen molar-refractivity contribution >= 4 is 23.2 Å². The Balaban J connectivity index is 1.43. The molecule has 0 unspecified atom stereocenters. The third-order valence-corrected chi connectivity index (χ3v) is 5.16. The molecule has 2 aromatic rings. The SMILES string of the molecule is O=C(CCc1ccccc1)Nc1ccc2c(c1)N(C(=O)C1CC1)CCC2. The van der Waals surface area contributed by atoms with Crippen LogP contribution in [-0.2, 0) is 22.4 Å². The number of benzene rings is 2. The lowest BCUT2D eigenvalue weighted by Crippen LogP contribution is -2.36. The number of amides is 2. The summed E-state index contributed by atoms with van der Waals surface area (Å²) < 4.78 is 0. The molecule has 2 aromatic carbocycles. The van der Waals surface area contributed by atoms with Crippen molar-refractivity contribution in [1.82, 2.24) is 0 Å². The standard InChI is InChI=1S/C22H24N2O2/c25-21(13-8-16-5-2-1-3-6-16)23-19-12-11-17-7-4-14-24(20(17)15-19)22(26)18-9-10-18/h1-3,5-6,11-12,15,18H,4,7-10,13-14H2,(H,23,25). The summed E-state index contributed by atoms with van der Waals surface area (Å²) in [6.45, 7) is 0.785. The highest BCUT2D eigenvalue weighted by molar-refractivity contribution is 5.99. The first-order valence-corrected chi connectivity index (χ1v) is 9.49. The van der Waals surface area contributed by atoms with Crippen molar-refractivity contribution < 1.29 is 9.59 Å². The third-order valence-electron chi connectivity index (χ3n) is 5.16. The summed E-state index contributed by atoms with van der Waals surface area (Å²) >= 11 is 0. The summed E-state index contributed by atoms with van der Waals surface area (Å²) in [4.78, 5) is 26.8. The molecule has 4 rings (SSSR count). The van der Waals surface area contributed by atoms with Gasteiger partial charge in [0.05, 0.1) is 0 Å². The number of carbonyl (C=O) groups excluding carboxylic acids is 2. The number of nitrogens with zero attached hydrogens (tertiary/aromatic N) is 1. The molecule has 1 saturated carbocycles. The molecule has 0 spiro atoms. The van der Waals surface area contributed by atoms with Crippen LogP contribution in [0.4, 0.5) is 11.4 Å². The van der Waals surface area contributed by atoms with Crippen LogP contribution >= 0.6 is 0 Å². The molecule has 1 fully saturated rings. The Morgan fingerprint density at radius 3 is 2.65 bits per heavy atom. The average molecular weight is 348 g/mol. The molecular weight excluding hydrogens is 324 g/mol. The summed E-state index contributed by atoms with van der Waals surface area (Å²) in [5.74, 6) is 0.466. The Morgan fingerprint density at radius 2 is 1.88 bits per heavy atom. The van der Waals surface area contributed by atoms with Crippen LogP contribution in [0.15, 0.2) is 48.5 Å². The minimum atomic E-state index is 0.00434. The van der Waals surface area contributed by atoms with Crippen LogP contribution in [0.3, 0.4) is 0 Å². The molecule has 4 heteroatoms. The van der Waals surface area contributed by atoms with Crippen LogP contribution < -0.4 is 10.2 Å². The largest absolute Gasteiger partial charge is 0.326 e. The summed E-state index contributed by atoms with van der Waals surface area (Å²) in [7, 11) is 0. The second kappa shape index (κ2) is 7.32. The third kappa shape index (κ3) is 3.79. The van der Waals surface area contributed by atoms with Gasteiger partial charge in [0, 0.05) is 30.3 Å². The van der Waals surface area contributed by atoms with E-state index in [2.05, 4.69) is 11.4 Å². The lowest BCUT2D eigenvalue weighted by Gasteiger charge is -2.30. The van der Waals surface area contributed by atoms with Crippen molar-refractivity contribution in [3.8, 4) is 0 Å². The fraction of sp³-hybridized carbons (Fsp3) is 0.364. The summed E-state index contributed by atoms with van der Waals surface area (Å²) in [5, 5.41) is 2.99. The van der Waals surface area contributed by atoms with E-state index in [0.29, 0.717) is 6.42 Å².